The number of carboxylic acid groups (broad SMARTS) is 1. The number of carbonyl (C=O) groups is 1. The topological polar surface area (TPSA) is 78.6 Å². The Morgan fingerprint density at radius 3 is 2.71 bits per heavy atom. The zero-order valence-electron chi connectivity index (χ0n) is 9.83. The van der Waals surface area contributed by atoms with Gasteiger partial charge in [0.05, 0.1) is 11.3 Å². The standard InChI is InChI=1S/C11H16FN3O2/c1-15(2)4-3-14-10-5-7(11(16)17)9(13)6-8(10)12/h5-6,14H,3-4,13H2,1-2H3,(H,16,17). The van der Waals surface area contributed by atoms with Crippen molar-refractivity contribution in [1.82, 2.24) is 4.90 Å². The van der Waals surface area contributed by atoms with Gasteiger partial charge >= 0.3 is 5.97 Å². The molecule has 4 N–H and O–H groups in total. The molecule has 5 nitrogen and oxygen atoms in total. The van der Waals surface area contributed by atoms with Gasteiger partial charge in [0.25, 0.3) is 0 Å². The number of rotatable bonds is 5. The summed E-state index contributed by atoms with van der Waals surface area (Å²) in [6.07, 6.45) is 0. The molecule has 0 aromatic heterocycles. The van der Waals surface area contributed by atoms with Crippen molar-refractivity contribution in [2.75, 3.05) is 38.2 Å². The van der Waals surface area contributed by atoms with Gasteiger partial charge < -0.3 is 21.1 Å². The van der Waals surface area contributed by atoms with Crippen molar-refractivity contribution in [1.29, 1.82) is 0 Å². The van der Waals surface area contributed by atoms with Gasteiger partial charge in [-0.2, -0.15) is 0 Å². The monoisotopic (exact) mass is 241 g/mol. The molecule has 0 radical (unpaired) electrons. The van der Waals surface area contributed by atoms with E-state index < -0.39 is 11.8 Å². The summed E-state index contributed by atoms with van der Waals surface area (Å²) in [7, 11) is 3.79. The van der Waals surface area contributed by atoms with E-state index in [0.29, 0.717) is 13.1 Å². The maximum Gasteiger partial charge on any atom is 0.337 e. The number of anilines is 2. The predicted molar refractivity (Wildman–Crippen MR) is 64.8 cm³/mol. The number of nitrogens with one attached hydrogen (secondary N) is 1. The molecule has 1 aromatic rings. The number of carboxylic acids is 1. The Labute approximate surface area is 99.0 Å². The van der Waals surface area contributed by atoms with Crippen molar-refractivity contribution in [3.63, 3.8) is 0 Å². The summed E-state index contributed by atoms with van der Waals surface area (Å²) in [6, 6.07) is 2.23. The molecule has 6 heteroatoms. The quantitative estimate of drug-likeness (QED) is 0.672. The van der Waals surface area contributed by atoms with E-state index in [1.54, 1.807) is 0 Å². The van der Waals surface area contributed by atoms with Crippen molar-refractivity contribution < 1.29 is 14.3 Å². The van der Waals surface area contributed by atoms with Crippen LogP contribution < -0.4 is 11.1 Å². The number of benzene rings is 1. The Bertz CT molecular complexity index is 421. The highest BCUT2D eigenvalue weighted by Gasteiger charge is 2.12. The van der Waals surface area contributed by atoms with E-state index in [-0.39, 0.29) is 16.9 Å². The first-order valence-electron chi connectivity index (χ1n) is 5.12. The molecule has 1 rings (SSSR count). The van der Waals surface area contributed by atoms with Crippen LogP contribution in [0.4, 0.5) is 15.8 Å². The second-order valence-electron chi connectivity index (χ2n) is 3.95. The summed E-state index contributed by atoms with van der Waals surface area (Å²) in [6.45, 7) is 1.24. The Balaban J connectivity index is 2.84. The van der Waals surface area contributed by atoms with E-state index >= 15 is 0 Å². The first-order chi connectivity index (χ1) is 7.91. The summed E-state index contributed by atoms with van der Waals surface area (Å²) in [5.41, 5.74) is 5.39. The average molecular weight is 241 g/mol. The summed E-state index contributed by atoms with van der Waals surface area (Å²) < 4.78 is 13.5. The van der Waals surface area contributed by atoms with Crippen LogP contribution in [-0.4, -0.2) is 43.2 Å². The molecule has 0 aliphatic carbocycles. The largest absolute Gasteiger partial charge is 0.478 e. The van der Waals surface area contributed by atoms with E-state index in [4.69, 9.17) is 10.8 Å². The highest BCUT2D eigenvalue weighted by Crippen LogP contribution is 2.22. The highest BCUT2D eigenvalue weighted by atomic mass is 19.1. The third-order valence-electron chi connectivity index (χ3n) is 2.24. The minimum Gasteiger partial charge on any atom is -0.478 e. The molecule has 0 unspecified atom stereocenters. The number of halogens is 1. The normalized spacial score (nSPS) is 10.6. The third-order valence-corrected chi connectivity index (χ3v) is 2.24. The zero-order valence-corrected chi connectivity index (χ0v) is 9.83. The number of nitrogens with zero attached hydrogens (tertiary/aromatic N) is 1. The lowest BCUT2D eigenvalue weighted by Gasteiger charge is -2.13. The van der Waals surface area contributed by atoms with E-state index in [2.05, 4.69) is 5.32 Å². The molecule has 0 bridgehead atoms. The molecule has 17 heavy (non-hydrogen) atoms. The summed E-state index contributed by atoms with van der Waals surface area (Å²) >= 11 is 0. The van der Waals surface area contributed by atoms with E-state index in [0.717, 1.165) is 6.07 Å². The first-order valence-corrected chi connectivity index (χ1v) is 5.12. The molecule has 1 aromatic carbocycles. The van der Waals surface area contributed by atoms with Crippen molar-refractivity contribution in [3.8, 4) is 0 Å². The molecule has 0 aliphatic rings. The number of hydrogen-bond donors (Lipinski definition) is 3. The molecular weight excluding hydrogens is 225 g/mol. The molecule has 0 saturated carbocycles. The molecule has 0 atom stereocenters. The summed E-state index contributed by atoms with van der Waals surface area (Å²) in [5.74, 6) is -1.72. The van der Waals surface area contributed by atoms with Crippen LogP contribution in [0.5, 0.6) is 0 Å². The van der Waals surface area contributed by atoms with Gasteiger partial charge in [-0.15, -0.1) is 0 Å². The van der Waals surface area contributed by atoms with Crippen LogP contribution >= 0.6 is 0 Å². The van der Waals surface area contributed by atoms with Crippen LogP contribution in [-0.2, 0) is 0 Å². The lowest BCUT2D eigenvalue weighted by Crippen LogP contribution is -2.21. The van der Waals surface area contributed by atoms with E-state index in [1.165, 1.54) is 6.07 Å². The summed E-state index contributed by atoms with van der Waals surface area (Å²) in [4.78, 5) is 12.8. The second-order valence-corrected chi connectivity index (χ2v) is 3.95. The van der Waals surface area contributed by atoms with Gasteiger partial charge in [0, 0.05) is 18.8 Å². The van der Waals surface area contributed by atoms with Crippen molar-refractivity contribution >= 4 is 17.3 Å². The maximum atomic E-state index is 13.5. The Hall–Kier alpha value is -1.82. The molecule has 0 saturated heterocycles. The number of likely N-dealkylation sites (N-methyl/N-ethyl adjacent to an activating group) is 1. The SMILES string of the molecule is CN(C)CCNc1cc(C(=O)O)c(N)cc1F. The van der Waals surface area contributed by atoms with Gasteiger partial charge in [-0.3, -0.25) is 0 Å². The van der Waals surface area contributed by atoms with Crippen LogP contribution in [0.3, 0.4) is 0 Å². The Morgan fingerprint density at radius 1 is 1.53 bits per heavy atom. The number of aromatic carboxylic acids is 1. The van der Waals surface area contributed by atoms with E-state index in [9.17, 15) is 9.18 Å². The fourth-order valence-corrected chi connectivity index (χ4v) is 1.32. The van der Waals surface area contributed by atoms with Crippen LogP contribution in [0.2, 0.25) is 0 Å². The fourth-order valence-electron chi connectivity index (χ4n) is 1.32. The van der Waals surface area contributed by atoms with Crippen molar-refractivity contribution in [2.45, 2.75) is 0 Å². The van der Waals surface area contributed by atoms with Crippen molar-refractivity contribution in [3.05, 3.63) is 23.5 Å². The molecule has 0 spiro atoms. The molecule has 0 aliphatic heterocycles. The third kappa shape index (κ3) is 3.60. The second kappa shape index (κ2) is 5.49. The highest BCUT2D eigenvalue weighted by molar-refractivity contribution is 5.94. The van der Waals surface area contributed by atoms with Crippen LogP contribution in [0, 0.1) is 5.82 Å². The lowest BCUT2D eigenvalue weighted by molar-refractivity contribution is 0.0698. The Kier molecular flexibility index (Phi) is 4.28. The molecule has 0 heterocycles. The van der Waals surface area contributed by atoms with Gasteiger partial charge in [-0.25, -0.2) is 9.18 Å². The molecule has 0 amide bonds. The number of hydrogen-bond acceptors (Lipinski definition) is 4. The van der Waals surface area contributed by atoms with Gasteiger partial charge in [0.1, 0.15) is 5.82 Å². The average Bonchev–Trinajstić information content (AvgIpc) is 2.20. The zero-order chi connectivity index (χ0) is 13.0. The van der Waals surface area contributed by atoms with Gasteiger partial charge in [-0.1, -0.05) is 0 Å². The molecule has 0 fully saturated rings. The minimum absolute atomic E-state index is 0.0758. The first kappa shape index (κ1) is 13.2. The van der Waals surface area contributed by atoms with Gasteiger partial charge in [0.2, 0.25) is 0 Å². The summed E-state index contributed by atoms with van der Waals surface area (Å²) in [5, 5.41) is 11.7. The molecular formula is C11H16FN3O2. The van der Waals surface area contributed by atoms with Crippen molar-refractivity contribution in [2.24, 2.45) is 0 Å². The van der Waals surface area contributed by atoms with Gasteiger partial charge in [-0.05, 0) is 26.2 Å². The minimum atomic E-state index is -1.17. The lowest BCUT2D eigenvalue weighted by atomic mass is 10.1. The van der Waals surface area contributed by atoms with E-state index in [1.807, 2.05) is 19.0 Å². The number of nitrogen functional groups attached to an aromatic ring is 1. The van der Waals surface area contributed by atoms with Crippen LogP contribution in [0.15, 0.2) is 12.1 Å². The fraction of sp³-hybridized carbons (Fsp3) is 0.364. The number of nitrogens with two attached hydrogens (primary N) is 1. The van der Waals surface area contributed by atoms with Crippen LogP contribution in [0.1, 0.15) is 10.4 Å². The molecule has 94 valence electrons. The smallest absolute Gasteiger partial charge is 0.337 e. The van der Waals surface area contributed by atoms with Crippen LogP contribution in [0.25, 0.3) is 0 Å². The Morgan fingerprint density at radius 2 is 2.18 bits per heavy atom. The maximum absolute atomic E-state index is 13.5. The van der Waals surface area contributed by atoms with Gasteiger partial charge in [0.15, 0.2) is 0 Å². The predicted octanol–water partition coefficient (Wildman–Crippen LogP) is 1.08.